The van der Waals surface area contributed by atoms with E-state index in [0.29, 0.717) is 0 Å². The molecule has 0 aromatic heterocycles. The fraction of sp³-hybridized carbons (Fsp3) is 0.636. The molecule has 1 aliphatic carbocycles. The third-order valence-electron chi connectivity index (χ3n) is 7.06. The first-order valence-electron chi connectivity index (χ1n) is 9.93. The van der Waals surface area contributed by atoms with Gasteiger partial charge in [-0.15, -0.1) is 0 Å². The number of hydrogen-bond acceptors (Lipinski definition) is 2. The number of allylic oxidation sites excluding steroid dienone is 2. The summed E-state index contributed by atoms with van der Waals surface area (Å²) in [5, 5.41) is 7.25. The summed E-state index contributed by atoms with van der Waals surface area (Å²) in [6, 6.07) is 5.81. The maximum atomic E-state index is 15.0. The van der Waals surface area contributed by atoms with Crippen molar-refractivity contribution in [2.24, 2.45) is 0 Å². The van der Waals surface area contributed by atoms with Gasteiger partial charge in [-0.1, -0.05) is 0 Å². The molecule has 0 radical (unpaired) electrons. The molecule has 2 nitrogen and oxygen atoms in total. The summed E-state index contributed by atoms with van der Waals surface area (Å²) in [6.07, 6.45) is 5.55. The summed E-state index contributed by atoms with van der Waals surface area (Å²) in [7, 11) is 2.37. The van der Waals surface area contributed by atoms with Gasteiger partial charge in [-0.25, -0.2) is 0 Å². The van der Waals surface area contributed by atoms with Crippen LogP contribution in [-0.4, -0.2) is 32.6 Å². The molecular weight excluding hydrogens is 342 g/mol. The van der Waals surface area contributed by atoms with E-state index in [9.17, 15) is 4.39 Å². The molecule has 1 aromatic rings. The Labute approximate surface area is 160 Å². The van der Waals surface area contributed by atoms with Crippen LogP contribution >= 0.6 is 7.41 Å². The van der Waals surface area contributed by atoms with Crippen LogP contribution in [0.4, 0.5) is 4.39 Å². The van der Waals surface area contributed by atoms with Crippen LogP contribution in [0.2, 0.25) is 0 Å². The van der Waals surface area contributed by atoms with E-state index in [0.717, 1.165) is 12.0 Å². The Morgan fingerprint density at radius 3 is 2.35 bits per heavy atom. The molecule has 2 N–H and O–H groups in total. The monoisotopic (exact) mass is 380 g/mol. The van der Waals surface area contributed by atoms with Crippen LogP contribution in [0.15, 0.2) is 29.8 Å². The summed E-state index contributed by atoms with van der Waals surface area (Å²) >= 11 is 0. The van der Waals surface area contributed by atoms with E-state index >= 15 is 0 Å². The van der Waals surface area contributed by atoms with Crippen LogP contribution in [-0.2, 0) is 5.41 Å². The third kappa shape index (κ3) is 3.51. The minimum absolute atomic E-state index is 0.0584. The zero-order chi connectivity index (χ0) is 19.8. The van der Waals surface area contributed by atoms with Crippen LogP contribution in [0.5, 0.6) is 0 Å². The molecule has 1 atom stereocenters. The minimum atomic E-state index is -1.67. The molecule has 0 aliphatic heterocycles. The summed E-state index contributed by atoms with van der Waals surface area (Å²) in [5.41, 5.74) is 3.33. The first kappa shape index (κ1) is 21.5. The van der Waals surface area contributed by atoms with Gasteiger partial charge in [-0.2, -0.15) is 0 Å². The molecule has 0 heterocycles. The quantitative estimate of drug-likeness (QED) is 0.466. The average molecular weight is 381 g/mol. The second-order valence-corrected chi connectivity index (χ2v) is 13.5. The topological polar surface area (TPSA) is 24.1 Å². The van der Waals surface area contributed by atoms with E-state index in [1.165, 1.54) is 24.0 Å². The van der Waals surface area contributed by atoms with Crippen molar-refractivity contribution in [1.82, 2.24) is 10.4 Å². The van der Waals surface area contributed by atoms with Gasteiger partial charge in [0.25, 0.3) is 0 Å². The molecular formula is C22H38FN2P. The molecule has 1 aliphatic rings. The molecule has 0 bridgehead atoms. The van der Waals surface area contributed by atoms with Crippen molar-refractivity contribution in [1.29, 1.82) is 0 Å². The van der Waals surface area contributed by atoms with E-state index in [2.05, 4.69) is 70.6 Å². The van der Waals surface area contributed by atoms with Crippen molar-refractivity contribution in [2.75, 3.05) is 27.4 Å². The predicted molar refractivity (Wildman–Crippen MR) is 116 cm³/mol. The van der Waals surface area contributed by atoms with Crippen molar-refractivity contribution < 1.29 is 4.39 Å². The van der Waals surface area contributed by atoms with Gasteiger partial charge in [0.1, 0.15) is 0 Å². The van der Waals surface area contributed by atoms with E-state index < -0.39 is 7.41 Å². The van der Waals surface area contributed by atoms with Gasteiger partial charge >= 0.3 is 160 Å². The van der Waals surface area contributed by atoms with Gasteiger partial charge in [0, 0.05) is 0 Å². The van der Waals surface area contributed by atoms with Crippen LogP contribution < -0.4 is 10.4 Å². The van der Waals surface area contributed by atoms with Gasteiger partial charge in [0.05, 0.1) is 0 Å². The third-order valence-corrected chi connectivity index (χ3v) is 11.6. The molecule has 1 unspecified atom stereocenters. The van der Waals surface area contributed by atoms with E-state index in [4.69, 9.17) is 0 Å². The van der Waals surface area contributed by atoms with Gasteiger partial charge in [0.2, 0.25) is 0 Å². The zero-order valence-corrected chi connectivity index (χ0v) is 18.9. The van der Waals surface area contributed by atoms with Crippen LogP contribution in [0.25, 0.3) is 0 Å². The molecule has 26 heavy (non-hydrogen) atoms. The summed E-state index contributed by atoms with van der Waals surface area (Å²) < 4.78 is 15.0. The van der Waals surface area contributed by atoms with Crippen LogP contribution in [0.3, 0.4) is 0 Å². The molecule has 2 rings (SSSR count). The zero-order valence-electron chi connectivity index (χ0n) is 17.9. The molecule has 0 saturated heterocycles. The van der Waals surface area contributed by atoms with Gasteiger partial charge in [0.15, 0.2) is 0 Å². The van der Waals surface area contributed by atoms with Gasteiger partial charge < -0.3 is 0 Å². The second-order valence-electron chi connectivity index (χ2n) is 8.78. The summed E-state index contributed by atoms with van der Waals surface area (Å²) in [6.45, 7) is 13.5. The van der Waals surface area contributed by atoms with Crippen LogP contribution in [0.1, 0.15) is 64.1 Å². The fourth-order valence-electron chi connectivity index (χ4n) is 4.73. The Kier molecular flexibility index (Phi) is 6.38. The number of hydrogen-bond donors (Lipinski definition) is 2. The molecule has 148 valence electrons. The van der Waals surface area contributed by atoms with Crippen LogP contribution in [0, 0.1) is 5.82 Å². The molecule has 1 saturated carbocycles. The molecule has 1 aromatic carbocycles. The average Bonchev–Trinajstić information content (AvgIpc) is 3.40. The normalized spacial score (nSPS) is 19.3. The summed E-state index contributed by atoms with van der Waals surface area (Å²) in [4.78, 5) is 0. The van der Waals surface area contributed by atoms with Crippen molar-refractivity contribution in [2.45, 2.75) is 63.6 Å². The Balaban J connectivity index is 2.53. The number of nitrogens with one attached hydrogen (secondary N) is 2. The van der Waals surface area contributed by atoms with Crippen molar-refractivity contribution >= 4 is 7.41 Å². The Morgan fingerprint density at radius 2 is 1.92 bits per heavy atom. The SMILES string of the molecule is C/C=C(/CC)C(C)(C)c1ccc(F)c(C(NC)C2([PH](C)(C)NC)CC2)c1. The number of benzene rings is 1. The van der Waals surface area contributed by atoms with E-state index in [-0.39, 0.29) is 22.4 Å². The molecule has 4 heteroatoms. The molecule has 0 spiro atoms. The van der Waals surface area contributed by atoms with E-state index in [1.807, 2.05) is 13.1 Å². The second kappa shape index (κ2) is 7.70. The Hall–Kier alpha value is -0.760. The van der Waals surface area contributed by atoms with Crippen molar-refractivity contribution in [3.05, 3.63) is 46.8 Å². The van der Waals surface area contributed by atoms with Gasteiger partial charge in [-0.3, -0.25) is 0 Å². The molecule has 1 fully saturated rings. The first-order chi connectivity index (χ1) is 12.1. The predicted octanol–water partition coefficient (Wildman–Crippen LogP) is 5.40. The Morgan fingerprint density at radius 1 is 1.31 bits per heavy atom. The maximum absolute atomic E-state index is 15.0. The molecule has 0 amide bonds. The standard InChI is InChI=1S/C22H38FN2P/c1-9-16(10-2)21(3,4)17-11-12-19(23)18(15-17)20(24-5)22(13-14-22)26(7,8)25-6/h9,11-12,15,20,24-26H,10,13-14H2,1-8H3/b16-9-. The van der Waals surface area contributed by atoms with E-state index in [1.54, 1.807) is 6.07 Å². The summed E-state index contributed by atoms with van der Waals surface area (Å²) in [5.74, 6) is -0.0883. The number of rotatable bonds is 8. The number of halogens is 1. The first-order valence-corrected chi connectivity index (χ1v) is 12.9. The van der Waals surface area contributed by atoms with Crippen molar-refractivity contribution in [3.8, 4) is 0 Å². The fourth-order valence-corrected chi connectivity index (χ4v) is 7.63. The Bertz CT molecular complexity index is 675. The van der Waals surface area contributed by atoms with Crippen molar-refractivity contribution in [3.63, 3.8) is 0 Å². The van der Waals surface area contributed by atoms with Gasteiger partial charge in [-0.05, 0) is 0 Å².